The molecule has 0 aromatic heterocycles. The van der Waals surface area contributed by atoms with E-state index in [0.717, 1.165) is 29.9 Å². The Kier molecular flexibility index (Phi) is 4.85. The summed E-state index contributed by atoms with van der Waals surface area (Å²) in [5.41, 5.74) is 0.698. The fraction of sp³-hybridized carbons (Fsp3) is 0.316. The zero-order valence-corrected chi connectivity index (χ0v) is 13.7. The molecule has 1 N–H and O–H groups in total. The zero-order chi connectivity index (χ0) is 18.1. The predicted octanol–water partition coefficient (Wildman–Crippen LogP) is 4.81. The summed E-state index contributed by atoms with van der Waals surface area (Å²) in [5, 5.41) is 9.86. The molecule has 0 fully saturated rings. The largest absolute Gasteiger partial charge is 0.421 e. The first kappa shape index (κ1) is 18.2. The molecule has 24 heavy (non-hydrogen) atoms. The van der Waals surface area contributed by atoms with Gasteiger partial charge < -0.3 is 5.11 Å². The van der Waals surface area contributed by atoms with E-state index < -0.39 is 11.8 Å². The summed E-state index contributed by atoms with van der Waals surface area (Å²) in [7, 11) is 0. The molecule has 1 atom stereocenters. The highest BCUT2D eigenvalue weighted by Crippen LogP contribution is 2.40. The van der Waals surface area contributed by atoms with Crippen molar-refractivity contribution < 1.29 is 23.1 Å². The van der Waals surface area contributed by atoms with Crippen LogP contribution < -0.4 is 0 Å². The van der Waals surface area contributed by atoms with Crippen LogP contribution in [0.25, 0.3) is 11.1 Å². The van der Waals surface area contributed by atoms with Gasteiger partial charge in [0.15, 0.2) is 5.60 Å². The number of hydrogen-bond acceptors (Lipinski definition) is 2. The number of carbonyl (C=O) groups is 1. The molecule has 0 bridgehead atoms. The van der Waals surface area contributed by atoms with Crippen molar-refractivity contribution in [3.63, 3.8) is 0 Å². The average molecular weight is 336 g/mol. The highest BCUT2D eigenvalue weighted by molar-refractivity contribution is 5.79. The van der Waals surface area contributed by atoms with Gasteiger partial charge in [0.1, 0.15) is 6.29 Å². The first-order valence-corrected chi connectivity index (χ1v) is 7.60. The summed E-state index contributed by atoms with van der Waals surface area (Å²) in [6, 6.07) is 9.49. The monoisotopic (exact) mass is 336 g/mol. The molecular weight excluding hydrogens is 317 g/mol. The van der Waals surface area contributed by atoms with E-state index in [9.17, 15) is 23.1 Å². The SMILES string of the molecule is CCc1cc(C(C)(O)C(F)(F)F)ccc1-c1ccc(C=O)cc1C. The highest BCUT2D eigenvalue weighted by Gasteiger charge is 2.51. The number of hydrogen-bond donors (Lipinski definition) is 1. The van der Waals surface area contributed by atoms with Crippen molar-refractivity contribution in [1.82, 2.24) is 0 Å². The summed E-state index contributed by atoms with van der Waals surface area (Å²) >= 11 is 0. The van der Waals surface area contributed by atoms with Crippen molar-refractivity contribution in [2.75, 3.05) is 0 Å². The lowest BCUT2D eigenvalue weighted by atomic mass is 9.88. The van der Waals surface area contributed by atoms with Crippen LogP contribution in [0.3, 0.4) is 0 Å². The number of alkyl halides is 3. The van der Waals surface area contributed by atoms with Gasteiger partial charge in [-0.25, -0.2) is 0 Å². The Hall–Kier alpha value is -2.14. The molecule has 128 valence electrons. The zero-order valence-electron chi connectivity index (χ0n) is 13.7. The van der Waals surface area contributed by atoms with E-state index in [1.54, 1.807) is 24.3 Å². The van der Waals surface area contributed by atoms with Crippen molar-refractivity contribution in [3.05, 3.63) is 58.7 Å². The minimum atomic E-state index is -4.75. The van der Waals surface area contributed by atoms with Crippen molar-refractivity contribution in [2.24, 2.45) is 0 Å². The van der Waals surface area contributed by atoms with E-state index in [0.29, 0.717) is 17.5 Å². The first-order valence-electron chi connectivity index (χ1n) is 7.60. The van der Waals surface area contributed by atoms with Gasteiger partial charge in [0.05, 0.1) is 0 Å². The minimum Gasteiger partial charge on any atom is -0.376 e. The highest BCUT2D eigenvalue weighted by atomic mass is 19.4. The number of benzene rings is 2. The third-order valence-electron chi connectivity index (χ3n) is 4.28. The molecule has 2 aromatic rings. The topological polar surface area (TPSA) is 37.3 Å². The van der Waals surface area contributed by atoms with Gasteiger partial charge in [-0.2, -0.15) is 13.2 Å². The van der Waals surface area contributed by atoms with Crippen LogP contribution in [0.5, 0.6) is 0 Å². The maximum atomic E-state index is 13.0. The number of aldehydes is 1. The normalized spacial score (nSPS) is 14.3. The maximum absolute atomic E-state index is 13.0. The Balaban J connectivity index is 2.57. The molecule has 5 heteroatoms. The summed E-state index contributed by atoms with van der Waals surface area (Å²) in [6.45, 7) is 4.45. The second-order valence-corrected chi connectivity index (χ2v) is 5.99. The summed E-state index contributed by atoms with van der Waals surface area (Å²) < 4.78 is 39.1. The molecule has 0 radical (unpaired) electrons. The fourth-order valence-electron chi connectivity index (χ4n) is 2.68. The lowest BCUT2D eigenvalue weighted by Crippen LogP contribution is -2.39. The van der Waals surface area contributed by atoms with Gasteiger partial charge in [-0.05, 0) is 54.2 Å². The molecule has 0 amide bonds. The van der Waals surface area contributed by atoms with E-state index in [2.05, 4.69) is 0 Å². The van der Waals surface area contributed by atoms with Gasteiger partial charge in [0.25, 0.3) is 0 Å². The molecule has 0 aliphatic rings. The maximum Gasteiger partial charge on any atom is 0.421 e. The molecule has 2 nitrogen and oxygen atoms in total. The second kappa shape index (κ2) is 6.40. The van der Waals surface area contributed by atoms with Crippen LogP contribution in [0.1, 0.15) is 40.9 Å². The number of aryl methyl sites for hydroxylation is 2. The third-order valence-corrected chi connectivity index (χ3v) is 4.28. The first-order chi connectivity index (χ1) is 11.1. The standard InChI is InChI=1S/C19H19F3O2/c1-4-14-10-15(18(3,24)19(20,21)22)6-8-17(14)16-7-5-13(11-23)9-12(16)2/h5-11,24H,4H2,1-3H3. The summed E-state index contributed by atoms with van der Waals surface area (Å²) in [5.74, 6) is 0. The third kappa shape index (κ3) is 3.22. The molecular formula is C19H19F3O2. The van der Waals surface area contributed by atoms with E-state index in [-0.39, 0.29) is 5.56 Å². The van der Waals surface area contributed by atoms with Crippen molar-refractivity contribution in [3.8, 4) is 11.1 Å². The fourth-order valence-corrected chi connectivity index (χ4v) is 2.68. The number of rotatable bonds is 4. The molecule has 0 aliphatic carbocycles. The minimum absolute atomic E-state index is 0.183. The van der Waals surface area contributed by atoms with Gasteiger partial charge in [-0.3, -0.25) is 4.79 Å². The van der Waals surface area contributed by atoms with Gasteiger partial charge in [-0.15, -0.1) is 0 Å². The molecule has 0 spiro atoms. The molecule has 0 saturated carbocycles. The van der Waals surface area contributed by atoms with E-state index >= 15 is 0 Å². The van der Waals surface area contributed by atoms with Crippen LogP contribution in [0.4, 0.5) is 13.2 Å². The Morgan fingerprint density at radius 3 is 2.21 bits per heavy atom. The van der Waals surface area contributed by atoms with Gasteiger partial charge >= 0.3 is 6.18 Å². The number of aliphatic hydroxyl groups is 1. The molecule has 0 heterocycles. The molecule has 0 saturated heterocycles. The summed E-state index contributed by atoms with van der Waals surface area (Å²) in [4.78, 5) is 10.8. The predicted molar refractivity (Wildman–Crippen MR) is 87.0 cm³/mol. The van der Waals surface area contributed by atoms with E-state index in [1.807, 2.05) is 13.8 Å². The number of halogens is 3. The molecule has 1 unspecified atom stereocenters. The lowest BCUT2D eigenvalue weighted by molar-refractivity contribution is -0.258. The van der Waals surface area contributed by atoms with Gasteiger partial charge in [0, 0.05) is 5.56 Å². The van der Waals surface area contributed by atoms with Crippen molar-refractivity contribution in [2.45, 2.75) is 39.0 Å². The molecule has 2 rings (SSSR count). The molecule has 0 aliphatic heterocycles. The quantitative estimate of drug-likeness (QED) is 0.814. The lowest BCUT2D eigenvalue weighted by Gasteiger charge is -2.27. The van der Waals surface area contributed by atoms with Crippen molar-refractivity contribution in [1.29, 1.82) is 0 Å². The van der Waals surface area contributed by atoms with Crippen LogP contribution in [-0.2, 0) is 12.0 Å². The number of carbonyl (C=O) groups excluding carboxylic acids is 1. The van der Waals surface area contributed by atoms with Crippen LogP contribution >= 0.6 is 0 Å². The van der Waals surface area contributed by atoms with E-state index in [4.69, 9.17) is 0 Å². The Morgan fingerprint density at radius 1 is 1.08 bits per heavy atom. The smallest absolute Gasteiger partial charge is 0.376 e. The Morgan fingerprint density at radius 2 is 1.71 bits per heavy atom. The van der Waals surface area contributed by atoms with Gasteiger partial charge in [0.2, 0.25) is 0 Å². The van der Waals surface area contributed by atoms with Crippen LogP contribution in [0, 0.1) is 6.92 Å². The van der Waals surface area contributed by atoms with Gasteiger partial charge in [-0.1, -0.05) is 37.3 Å². The Bertz CT molecular complexity index is 762. The van der Waals surface area contributed by atoms with Crippen LogP contribution in [0.2, 0.25) is 0 Å². The van der Waals surface area contributed by atoms with E-state index in [1.165, 1.54) is 12.1 Å². The van der Waals surface area contributed by atoms with Crippen LogP contribution in [0.15, 0.2) is 36.4 Å². The van der Waals surface area contributed by atoms with Crippen molar-refractivity contribution >= 4 is 6.29 Å². The molecule has 2 aromatic carbocycles. The van der Waals surface area contributed by atoms with Crippen LogP contribution in [-0.4, -0.2) is 17.6 Å². The summed E-state index contributed by atoms with van der Waals surface area (Å²) in [6.07, 6.45) is -3.48. The second-order valence-electron chi connectivity index (χ2n) is 5.99. The average Bonchev–Trinajstić information content (AvgIpc) is 2.53. The Labute approximate surface area is 138 Å².